The van der Waals surface area contributed by atoms with E-state index >= 15 is 0 Å². The van der Waals surface area contributed by atoms with Crippen molar-refractivity contribution in [2.24, 2.45) is 0 Å². The molecule has 0 fully saturated rings. The zero-order chi connectivity index (χ0) is 14.3. The van der Waals surface area contributed by atoms with Crippen LogP contribution in [0.1, 0.15) is 23.2 Å². The number of benzene rings is 1. The van der Waals surface area contributed by atoms with Gasteiger partial charge in [-0.25, -0.2) is 9.18 Å². The molecule has 0 unspecified atom stereocenters. The summed E-state index contributed by atoms with van der Waals surface area (Å²) in [6.07, 6.45) is 0.277. The Labute approximate surface area is 110 Å². The van der Waals surface area contributed by atoms with E-state index in [9.17, 15) is 14.0 Å². The van der Waals surface area contributed by atoms with E-state index in [1.807, 2.05) is 6.07 Å². The lowest BCUT2D eigenvalue weighted by atomic mass is 10.1. The first-order chi connectivity index (χ1) is 9.08. The molecule has 1 rings (SSSR count). The summed E-state index contributed by atoms with van der Waals surface area (Å²) in [4.78, 5) is 23.3. The zero-order valence-electron chi connectivity index (χ0n) is 10.4. The lowest BCUT2D eigenvalue weighted by molar-refractivity contribution is -0.143. The topological polar surface area (TPSA) is 79.2 Å². The van der Waals surface area contributed by atoms with Gasteiger partial charge in [0, 0.05) is 12.0 Å². The molecule has 0 aromatic heterocycles. The first-order valence-electron chi connectivity index (χ1n) is 5.59. The highest BCUT2D eigenvalue weighted by molar-refractivity contribution is 5.96. The molecule has 1 atom stereocenters. The molecule has 1 aromatic rings. The normalized spacial score (nSPS) is 11.2. The molecular weight excluding hydrogens is 251 g/mol. The van der Waals surface area contributed by atoms with Crippen LogP contribution in [0.15, 0.2) is 24.3 Å². The average molecular weight is 264 g/mol. The van der Waals surface area contributed by atoms with Crippen LogP contribution < -0.4 is 5.32 Å². The van der Waals surface area contributed by atoms with E-state index in [0.29, 0.717) is 0 Å². The minimum atomic E-state index is -0.887. The van der Waals surface area contributed by atoms with E-state index in [1.54, 1.807) is 0 Å². The van der Waals surface area contributed by atoms with Crippen molar-refractivity contribution in [3.05, 3.63) is 35.6 Å². The van der Waals surface area contributed by atoms with Gasteiger partial charge >= 0.3 is 5.97 Å². The van der Waals surface area contributed by atoms with Gasteiger partial charge < -0.3 is 10.1 Å². The number of nitrogens with one attached hydrogen (secondary N) is 1. The predicted octanol–water partition coefficient (Wildman–Crippen LogP) is 1.40. The molecule has 1 amide bonds. The second-order valence-corrected chi connectivity index (χ2v) is 3.75. The molecule has 0 bridgehead atoms. The van der Waals surface area contributed by atoms with E-state index in [0.717, 1.165) is 12.1 Å². The van der Waals surface area contributed by atoms with Crippen LogP contribution in [-0.2, 0) is 9.53 Å². The molecule has 5 nitrogen and oxygen atoms in total. The Balaban J connectivity index is 2.73. The van der Waals surface area contributed by atoms with E-state index in [4.69, 9.17) is 5.26 Å². The third kappa shape index (κ3) is 4.39. The van der Waals surface area contributed by atoms with Crippen LogP contribution in [0.25, 0.3) is 0 Å². The quantitative estimate of drug-likeness (QED) is 0.815. The van der Waals surface area contributed by atoms with Gasteiger partial charge in [0.2, 0.25) is 0 Å². The SMILES string of the molecule is COC(=O)[C@H](CCC#N)NC(=O)c1ccc(F)cc1. The number of carbonyl (C=O) groups excluding carboxylic acids is 2. The zero-order valence-corrected chi connectivity index (χ0v) is 10.4. The highest BCUT2D eigenvalue weighted by Gasteiger charge is 2.21. The van der Waals surface area contributed by atoms with Gasteiger partial charge in [0.05, 0.1) is 13.2 Å². The highest BCUT2D eigenvalue weighted by atomic mass is 19.1. The minimum absolute atomic E-state index is 0.115. The molecule has 0 spiro atoms. The Morgan fingerprint density at radius 1 is 1.42 bits per heavy atom. The number of hydrogen-bond acceptors (Lipinski definition) is 4. The van der Waals surface area contributed by atoms with E-state index in [1.165, 1.54) is 19.2 Å². The van der Waals surface area contributed by atoms with Gasteiger partial charge in [0.1, 0.15) is 11.9 Å². The fraction of sp³-hybridized carbons (Fsp3) is 0.308. The minimum Gasteiger partial charge on any atom is -0.467 e. The molecule has 100 valence electrons. The first kappa shape index (κ1) is 14.6. The molecule has 0 aliphatic rings. The lowest BCUT2D eigenvalue weighted by Crippen LogP contribution is -2.41. The second kappa shape index (κ2) is 7.11. The van der Waals surface area contributed by atoms with Crippen molar-refractivity contribution in [1.29, 1.82) is 5.26 Å². The summed E-state index contributed by atoms with van der Waals surface area (Å²) in [5.41, 5.74) is 0.229. The maximum atomic E-state index is 12.7. The number of rotatable bonds is 5. The molecular formula is C13H13FN2O3. The van der Waals surface area contributed by atoms with Crippen molar-refractivity contribution >= 4 is 11.9 Å². The van der Waals surface area contributed by atoms with Crippen molar-refractivity contribution in [2.75, 3.05) is 7.11 Å². The summed E-state index contributed by atoms with van der Waals surface area (Å²) >= 11 is 0. The number of methoxy groups -OCH3 is 1. The Morgan fingerprint density at radius 3 is 2.58 bits per heavy atom. The third-order valence-electron chi connectivity index (χ3n) is 2.44. The molecule has 0 heterocycles. The number of nitriles is 1. The van der Waals surface area contributed by atoms with Gasteiger partial charge in [-0.3, -0.25) is 4.79 Å². The summed E-state index contributed by atoms with van der Waals surface area (Å²) < 4.78 is 17.3. The first-order valence-corrected chi connectivity index (χ1v) is 5.59. The maximum Gasteiger partial charge on any atom is 0.328 e. The maximum absolute atomic E-state index is 12.7. The fourth-order valence-corrected chi connectivity index (χ4v) is 1.44. The standard InChI is InChI=1S/C13H13FN2O3/c1-19-13(18)11(3-2-8-15)16-12(17)9-4-6-10(14)7-5-9/h4-7,11H,2-3H2,1H3,(H,16,17)/t11-/m0/s1. The van der Waals surface area contributed by atoms with Gasteiger partial charge in [0.15, 0.2) is 0 Å². The van der Waals surface area contributed by atoms with Crippen LogP contribution in [-0.4, -0.2) is 25.0 Å². The smallest absolute Gasteiger partial charge is 0.328 e. The number of esters is 1. The van der Waals surface area contributed by atoms with Gasteiger partial charge in [-0.05, 0) is 30.7 Å². The van der Waals surface area contributed by atoms with Crippen molar-refractivity contribution in [3.8, 4) is 6.07 Å². The fourth-order valence-electron chi connectivity index (χ4n) is 1.44. The number of nitrogens with zero attached hydrogens (tertiary/aromatic N) is 1. The highest BCUT2D eigenvalue weighted by Crippen LogP contribution is 2.05. The van der Waals surface area contributed by atoms with Crippen LogP contribution >= 0.6 is 0 Å². The Bertz CT molecular complexity index is 494. The van der Waals surface area contributed by atoms with Crippen LogP contribution in [0.2, 0.25) is 0 Å². The van der Waals surface area contributed by atoms with Gasteiger partial charge in [-0.2, -0.15) is 5.26 Å². The molecule has 0 aliphatic heterocycles. The molecule has 1 N–H and O–H groups in total. The number of amides is 1. The van der Waals surface area contributed by atoms with Crippen molar-refractivity contribution in [2.45, 2.75) is 18.9 Å². The van der Waals surface area contributed by atoms with Gasteiger partial charge in [-0.1, -0.05) is 0 Å². The summed E-state index contributed by atoms with van der Waals surface area (Å²) in [5.74, 6) is -1.59. The molecule has 1 aromatic carbocycles. The molecule has 19 heavy (non-hydrogen) atoms. The lowest BCUT2D eigenvalue weighted by Gasteiger charge is -2.15. The third-order valence-corrected chi connectivity index (χ3v) is 2.44. The Kier molecular flexibility index (Phi) is 5.48. The predicted molar refractivity (Wildman–Crippen MR) is 64.5 cm³/mol. The van der Waals surface area contributed by atoms with Crippen LogP contribution in [0.5, 0.6) is 0 Å². The molecule has 0 saturated heterocycles. The van der Waals surface area contributed by atoms with Crippen molar-refractivity contribution < 1.29 is 18.7 Å². The van der Waals surface area contributed by atoms with Crippen LogP contribution in [0.4, 0.5) is 4.39 Å². The number of carbonyl (C=O) groups is 2. The number of halogens is 1. The number of hydrogen-bond donors (Lipinski definition) is 1. The van der Waals surface area contributed by atoms with Crippen LogP contribution in [0.3, 0.4) is 0 Å². The summed E-state index contributed by atoms with van der Waals surface area (Å²) in [6.45, 7) is 0. The molecule has 0 saturated carbocycles. The summed E-state index contributed by atoms with van der Waals surface area (Å²) in [5, 5.41) is 10.9. The van der Waals surface area contributed by atoms with E-state index in [-0.39, 0.29) is 18.4 Å². The van der Waals surface area contributed by atoms with E-state index < -0.39 is 23.7 Å². The van der Waals surface area contributed by atoms with Gasteiger partial charge in [-0.15, -0.1) is 0 Å². The summed E-state index contributed by atoms with van der Waals surface area (Å²) in [7, 11) is 1.20. The van der Waals surface area contributed by atoms with Crippen LogP contribution in [0, 0.1) is 17.1 Å². The molecule has 0 radical (unpaired) electrons. The molecule has 0 aliphatic carbocycles. The largest absolute Gasteiger partial charge is 0.467 e. The Hall–Kier alpha value is -2.42. The van der Waals surface area contributed by atoms with Crippen molar-refractivity contribution in [3.63, 3.8) is 0 Å². The monoisotopic (exact) mass is 264 g/mol. The van der Waals surface area contributed by atoms with Gasteiger partial charge in [0.25, 0.3) is 5.91 Å². The molecule has 6 heteroatoms. The second-order valence-electron chi connectivity index (χ2n) is 3.75. The van der Waals surface area contributed by atoms with Crippen molar-refractivity contribution in [1.82, 2.24) is 5.32 Å². The summed E-state index contributed by atoms with van der Waals surface area (Å²) in [6, 6.07) is 5.92. The Morgan fingerprint density at radius 2 is 2.05 bits per heavy atom. The number of ether oxygens (including phenoxy) is 1. The average Bonchev–Trinajstić information content (AvgIpc) is 2.43. The van der Waals surface area contributed by atoms with E-state index in [2.05, 4.69) is 10.1 Å².